The molecule has 0 fully saturated rings. The van der Waals surface area contributed by atoms with Crippen molar-refractivity contribution in [2.75, 3.05) is 6.54 Å². The molecule has 0 saturated carbocycles. The minimum absolute atomic E-state index is 0. The molecule has 0 spiro atoms. The molecule has 0 aliphatic heterocycles. The fourth-order valence-electron chi connectivity index (χ4n) is 2.03. The van der Waals surface area contributed by atoms with Crippen LogP contribution in [-0.4, -0.2) is 18.4 Å². The van der Waals surface area contributed by atoms with E-state index in [-0.39, 0.29) is 29.9 Å². The van der Waals surface area contributed by atoms with E-state index in [1.165, 1.54) is 0 Å². The Bertz CT molecular complexity index is 684. The molecule has 2 rings (SSSR count). The number of nitrogens with one attached hydrogen (secondary N) is 2. The Hall–Kier alpha value is -2.03. The van der Waals surface area contributed by atoms with E-state index in [0.717, 1.165) is 12.1 Å². The van der Waals surface area contributed by atoms with Gasteiger partial charge in [0.2, 0.25) is 0 Å². The minimum atomic E-state index is -0.150. The van der Waals surface area contributed by atoms with Crippen LogP contribution in [0.5, 0.6) is 0 Å². The van der Waals surface area contributed by atoms with Gasteiger partial charge >= 0.3 is 0 Å². The molecule has 4 N–H and O–H groups in total. The SMILES string of the molecule is CC(C)CNC(N)=NCc1cccc(C(=O)NCc2ccco2)c1.I. The van der Waals surface area contributed by atoms with Crippen LogP contribution in [0, 0.1) is 5.92 Å². The molecule has 0 saturated heterocycles. The van der Waals surface area contributed by atoms with Crippen LogP contribution in [0.15, 0.2) is 52.1 Å². The third-order valence-electron chi connectivity index (χ3n) is 3.32. The average Bonchev–Trinajstić information content (AvgIpc) is 3.09. The maximum atomic E-state index is 12.2. The van der Waals surface area contributed by atoms with Gasteiger partial charge in [-0.25, -0.2) is 4.99 Å². The number of aliphatic imine (C=N–C) groups is 1. The van der Waals surface area contributed by atoms with Gasteiger partial charge in [-0.15, -0.1) is 24.0 Å². The van der Waals surface area contributed by atoms with E-state index in [1.54, 1.807) is 18.4 Å². The van der Waals surface area contributed by atoms with Crippen LogP contribution in [0.1, 0.15) is 35.5 Å². The lowest BCUT2D eigenvalue weighted by Gasteiger charge is -2.08. The standard InChI is InChI=1S/C18H24N4O2.HI/c1-13(2)10-21-18(19)22-11-14-5-3-6-15(9-14)17(23)20-12-16-7-4-8-24-16;/h3-9,13H,10-12H2,1-2H3,(H,20,23)(H3,19,21,22);1H. The van der Waals surface area contributed by atoms with E-state index in [0.29, 0.717) is 36.3 Å². The quantitative estimate of drug-likeness (QED) is 0.340. The molecule has 7 heteroatoms. The van der Waals surface area contributed by atoms with Crippen molar-refractivity contribution in [3.63, 3.8) is 0 Å². The molecular weight excluding hydrogens is 431 g/mol. The molecule has 0 unspecified atom stereocenters. The van der Waals surface area contributed by atoms with Gasteiger partial charge in [0.25, 0.3) is 5.91 Å². The lowest BCUT2D eigenvalue weighted by atomic mass is 10.1. The summed E-state index contributed by atoms with van der Waals surface area (Å²) in [6, 6.07) is 10.9. The second-order valence-corrected chi connectivity index (χ2v) is 5.94. The highest BCUT2D eigenvalue weighted by molar-refractivity contribution is 14.0. The molecule has 136 valence electrons. The van der Waals surface area contributed by atoms with Crippen molar-refractivity contribution in [2.45, 2.75) is 26.9 Å². The smallest absolute Gasteiger partial charge is 0.251 e. The molecule has 1 aromatic heterocycles. The first-order valence-electron chi connectivity index (χ1n) is 7.98. The van der Waals surface area contributed by atoms with Crippen LogP contribution >= 0.6 is 24.0 Å². The summed E-state index contributed by atoms with van der Waals surface area (Å²) in [5.74, 6) is 1.48. The number of carbonyl (C=O) groups excluding carboxylic acids is 1. The maximum Gasteiger partial charge on any atom is 0.251 e. The number of amides is 1. The summed E-state index contributed by atoms with van der Waals surface area (Å²) in [5, 5.41) is 5.88. The first kappa shape index (κ1) is 21.0. The van der Waals surface area contributed by atoms with Crippen molar-refractivity contribution < 1.29 is 9.21 Å². The zero-order valence-electron chi connectivity index (χ0n) is 14.5. The van der Waals surface area contributed by atoms with Gasteiger partial charge in [0.05, 0.1) is 19.4 Å². The topological polar surface area (TPSA) is 92.6 Å². The van der Waals surface area contributed by atoms with Crippen molar-refractivity contribution in [2.24, 2.45) is 16.6 Å². The molecule has 2 aromatic rings. The van der Waals surface area contributed by atoms with Crippen LogP contribution in [-0.2, 0) is 13.1 Å². The van der Waals surface area contributed by atoms with Crippen molar-refractivity contribution in [3.8, 4) is 0 Å². The van der Waals surface area contributed by atoms with Crippen LogP contribution in [0.4, 0.5) is 0 Å². The monoisotopic (exact) mass is 456 g/mol. The zero-order valence-corrected chi connectivity index (χ0v) is 16.8. The fraction of sp³-hybridized carbons (Fsp3) is 0.333. The van der Waals surface area contributed by atoms with Crippen LogP contribution in [0.3, 0.4) is 0 Å². The molecule has 0 radical (unpaired) electrons. The average molecular weight is 456 g/mol. The Morgan fingerprint density at radius 3 is 2.72 bits per heavy atom. The number of nitrogens with zero attached hydrogens (tertiary/aromatic N) is 1. The first-order valence-corrected chi connectivity index (χ1v) is 7.98. The second kappa shape index (κ2) is 10.8. The Labute approximate surface area is 165 Å². The summed E-state index contributed by atoms with van der Waals surface area (Å²) in [5.41, 5.74) is 7.33. The molecule has 0 aliphatic rings. The number of hydrogen-bond acceptors (Lipinski definition) is 3. The van der Waals surface area contributed by atoms with Gasteiger partial charge in [0, 0.05) is 12.1 Å². The first-order chi connectivity index (χ1) is 11.5. The lowest BCUT2D eigenvalue weighted by molar-refractivity contribution is 0.0948. The molecule has 1 heterocycles. The third-order valence-corrected chi connectivity index (χ3v) is 3.32. The molecule has 1 aromatic carbocycles. The van der Waals surface area contributed by atoms with Crippen molar-refractivity contribution in [1.29, 1.82) is 0 Å². The van der Waals surface area contributed by atoms with Gasteiger partial charge in [0.1, 0.15) is 5.76 Å². The Morgan fingerprint density at radius 2 is 2.04 bits per heavy atom. The van der Waals surface area contributed by atoms with Crippen molar-refractivity contribution >= 4 is 35.8 Å². The fourth-order valence-corrected chi connectivity index (χ4v) is 2.03. The summed E-state index contributed by atoms with van der Waals surface area (Å²) in [6.07, 6.45) is 1.58. The number of rotatable bonds is 7. The van der Waals surface area contributed by atoms with E-state index in [2.05, 4.69) is 29.5 Å². The largest absolute Gasteiger partial charge is 0.467 e. The zero-order chi connectivity index (χ0) is 17.4. The number of benzene rings is 1. The van der Waals surface area contributed by atoms with Crippen LogP contribution in [0.2, 0.25) is 0 Å². The summed E-state index contributed by atoms with van der Waals surface area (Å²) in [4.78, 5) is 16.5. The van der Waals surface area contributed by atoms with Gasteiger partial charge in [-0.2, -0.15) is 0 Å². The van der Waals surface area contributed by atoms with E-state index in [9.17, 15) is 4.79 Å². The van der Waals surface area contributed by atoms with Crippen LogP contribution in [0.25, 0.3) is 0 Å². The number of hydrogen-bond donors (Lipinski definition) is 3. The molecule has 25 heavy (non-hydrogen) atoms. The predicted molar refractivity (Wildman–Crippen MR) is 110 cm³/mol. The summed E-state index contributed by atoms with van der Waals surface area (Å²) >= 11 is 0. The normalized spacial score (nSPS) is 11.1. The number of carbonyl (C=O) groups is 1. The predicted octanol–water partition coefficient (Wildman–Crippen LogP) is 2.89. The van der Waals surface area contributed by atoms with E-state index < -0.39 is 0 Å². The molecule has 0 bridgehead atoms. The lowest BCUT2D eigenvalue weighted by Crippen LogP contribution is -2.34. The van der Waals surface area contributed by atoms with Crippen molar-refractivity contribution in [1.82, 2.24) is 10.6 Å². The number of nitrogens with two attached hydrogens (primary N) is 1. The Balaban J connectivity index is 0.00000312. The number of guanidine groups is 1. The third kappa shape index (κ3) is 7.59. The highest BCUT2D eigenvalue weighted by Crippen LogP contribution is 2.07. The van der Waals surface area contributed by atoms with E-state index in [1.807, 2.05) is 24.3 Å². The summed E-state index contributed by atoms with van der Waals surface area (Å²) in [7, 11) is 0. The maximum absolute atomic E-state index is 12.2. The van der Waals surface area contributed by atoms with Gasteiger partial charge in [-0.3, -0.25) is 4.79 Å². The molecule has 0 atom stereocenters. The highest BCUT2D eigenvalue weighted by atomic mass is 127. The Kier molecular flexibility index (Phi) is 9.04. The molecule has 1 amide bonds. The highest BCUT2D eigenvalue weighted by Gasteiger charge is 2.07. The van der Waals surface area contributed by atoms with Gasteiger partial charge in [0.15, 0.2) is 5.96 Å². The van der Waals surface area contributed by atoms with Crippen molar-refractivity contribution in [3.05, 3.63) is 59.5 Å². The molecular formula is C18H25IN4O2. The summed E-state index contributed by atoms with van der Waals surface area (Å²) in [6.45, 7) is 5.78. The number of halogens is 1. The summed E-state index contributed by atoms with van der Waals surface area (Å²) < 4.78 is 5.19. The number of furan rings is 1. The molecule has 0 aliphatic carbocycles. The molecule has 6 nitrogen and oxygen atoms in total. The van der Waals surface area contributed by atoms with Gasteiger partial charge < -0.3 is 20.8 Å². The van der Waals surface area contributed by atoms with Gasteiger partial charge in [-0.05, 0) is 35.7 Å². The minimum Gasteiger partial charge on any atom is -0.467 e. The van der Waals surface area contributed by atoms with Gasteiger partial charge in [-0.1, -0.05) is 26.0 Å². The second-order valence-electron chi connectivity index (χ2n) is 5.94. The van der Waals surface area contributed by atoms with E-state index in [4.69, 9.17) is 10.2 Å². The van der Waals surface area contributed by atoms with E-state index >= 15 is 0 Å². The Morgan fingerprint density at radius 1 is 1.24 bits per heavy atom. The van der Waals surface area contributed by atoms with Crippen LogP contribution < -0.4 is 16.4 Å².